The summed E-state index contributed by atoms with van der Waals surface area (Å²) in [6.45, 7) is -0.00486. The molecule has 19 heavy (non-hydrogen) atoms. The van der Waals surface area contributed by atoms with Gasteiger partial charge in [-0.1, -0.05) is 6.07 Å². The van der Waals surface area contributed by atoms with Crippen LogP contribution >= 0.6 is 15.9 Å². The summed E-state index contributed by atoms with van der Waals surface area (Å²) in [6, 6.07) is 6.59. The summed E-state index contributed by atoms with van der Waals surface area (Å²) < 4.78 is 44.9. The van der Waals surface area contributed by atoms with E-state index in [1.165, 1.54) is 0 Å². The largest absolute Gasteiger partial charge is 0.370 e. The summed E-state index contributed by atoms with van der Waals surface area (Å²) in [5, 5.41) is 0. The van der Waals surface area contributed by atoms with Crippen molar-refractivity contribution >= 4 is 15.9 Å². The van der Waals surface area contributed by atoms with Gasteiger partial charge in [0.1, 0.15) is 10.4 Å². The molecule has 0 amide bonds. The van der Waals surface area contributed by atoms with E-state index in [1.807, 2.05) is 0 Å². The number of rotatable bonds is 4. The monoisotopic (exact) mass is 331 g/mol. The van der Waals surface area contributed by atoms with Crippen molar-refractivity contribution in [3.63, 3.8) is 0 Å². The number of benzene rings is 1. The maximum absolute atomic E-state index is 13.3. The Morgan fingerprint density at radius 3 is 2.47 bits per heavy atom. The summed E-state index contributed by atoms with van der Waals surface area (Å²) in [6.07, 6.45) is 0. The molecule has 0 aliphatic heterocycles. The summed E-state index contributed by atoms with van der Waals surface area (Å²) in [5.41, 5.74) is 0.617. The van der Waals surface area contributed by atoms with Crippen LogP contribution in [-0.4, -0.2) is 4.98 Å². The molecule has 2 aromatic rings. The molecular formula is C13H9BrF3NO. The van der Waals surface area contributed by atoms with Crippen LogP contribution in [0.4, 0.5) is 13.2 Å². The van der Waals surface area contributed by atoms with Gasteiger partial charge in [0.15, 0.2) is 11.6 Å². The van der Waals surface area contributed by atoms with Crippen LogP contribution in [0, 0.1) is 17.5 Å². The summed E-state index contributed by atoms with van der Waals surface area (Å²) in [7, 11) is 0. The molecule has 0 unspecified atom stereocenters. The van der Waals surface area contributed by atoms with E-state index in [4.69, 9.17) is 4.74 Å². The highest BCUT2D eigenvalue weighted by molar-refractivity contribution is 9.10. The fourth-order valence-corrected chi connectivity index (χ4v) is 1.85. The van der Waals surface area contributed by atoms with Gasteiger partial charge in [-0.25, -0.2) is 18.2 Å². The Kier molecular flexibility index (Phi) is 4.55. The zero-order valence-electron chi connectivity index (χ0n) is 9.67. The summed E-state index contributed by atoms with van der Waals surface area (Å²) in [4.78, 5) is 4.12. The fourth-order valence-electron chi connectivity index (χ4n) is 1.47. The first-order chi connectivity index (χ1) is 9.06. The number of aromatic nitrogens is 1. The van der Waals surface area contributed by atoms with Crippen LogP contribution < -0.4 is 0 Å². The first kappa shape index (κ1) is 14.0. The van der Waals surface area contributed by atoms with Gasteiger partial charge in [-0.15, -0.1) is 0 Å². The van der Waals surface area contributed by atoms with E-state index in [1.54, 1.807) is 18.2 Å². The third kappa shape index (κ3) is 3.78. The molecule has 1 heterocycles. The second-order valence-electron chi connectivity index (χ2n) is 3.80. The molecule has 0 radical (unpaired) electrons. The van der Waals surface area contributed by atoms with Crippen LogP contribution in [-0.2, 0) is 18.0 Å². The van der Waals surface area contributed by atoms with Gasteiger partial charge in [0.05, 0.1) is 18.9 Å². The lowest BCUT2D eigenvalue weighted by Gasteiger charge is -2.06. The van der Waals surface area contributed by atoms with Crippen molar-refractivity contribution in [2.75, 3.05) is 0 Å². The Labute approximate surface area is 116 Å². The molecule has 0 atom stereocenters. The first-order valence-corrected chi connectivity index (χ1v) is 6.18. The molecule has 2 rings (SSSR count). The van der Waals surface area contributed by atoms with E-state index >= 15 is 0 Å². The minimum atomic E-state index is -1.21. The molecule has 0 aliphatic carbocycles. The maximum Gasteiger partial charge on any atom is 0.161 e. The van der Waals surface area contributed by atoms with Crippen molar-refractivity contribution in [1.82, 2.24) is 4.98 Å². The van der Waals surface area contributed by atoms with Crippen LogP contribution in [0.2, 0.25) is 0 Å². The van der Waals surface area contributed by atoms with E-state index in [0.717, 1.165) is 6.07 Å². The van der Waals surface area contributed by atoms with Crippen molar-refractivity contribution in [3.05, 3.63) is 63.6 Å². The third-order valence-corrected chi connectivity index (χ3v) is 2.81. The lowest BCUT2D eigenvalue weighted by molar-refractivity contribution is 0.102. The highest BCUT2D eigenvalue weighted by Gasteiger charge is 2.09. The van der Waals surface area contributed by atoms with Crippen LogP contribution in [0.25, 0.3) is 0 Å². The van der Waals surface area contributed by atoms with Crippen molar-refractivity contribution in [2.24, 2.45) is 0 Å². The number of hydrogen-bond acceptors (Lipinski definition) is 2. The number of ether oxygens (including phenoxy) is 1. The third-order valence-electron chi connectivity index (χ3n) is 2.37. The number of halogens is 4. The van der Waals surface area contributed by atoms with Crippen molar-refractivity contribution < 1.29 is 17.9 Å². The smallest absolute Gasteiger partial charge is 0.161 e. The second-order valence-corrected chi connectivity index (χ2v) is 4.61. The molecule has 0 fully saturated rings. The minimum absolute atomic E-state index is 0.0334. The standard InChI is InChI=1S/C13H9BrF3NO/c14-13-3-1-2-9(18-13)7-19-6-8-4-11(16)12(17)5-10(8)15/h1-5H,6-7H2. The molecule has 0 saturated heterocycles. The second kappa shape index (κ2) is 6.16. The van der Waals surface area contributed by atoms with Gasteiger partial charge >= 0.3 is 0 Å². The predicted octanol–water partition coefficient (Wildman–Crippen LogP) is 3.98. The zero-order valence-corrected chi connectivity index (χ0v) is 11.3. The van der Waals surface area contributed by atoms with Crippen molar-refractivity contribution in [3.8, 4) is 0 Å². The van der Waals surface area contributed by atoms with Gasteiger partial charge in [0, 0.05) is 11.6 Å². The molecule has 100 valence electrons. The lowest BCUT2D eigenvalue weighted by Crippen LogP contribution is -2.00. The van der Waals surface area contributed by atoms with Crippen LogP contribution in [0.3, 0.4) is 0 Å². The first-order valence-electron chi connectivity index (χ1n) is 5.39. The normalized spacial score (nSPS) is 10.7. The Morgan fingerprint density at radius 2 is 1.74 bits per heavy atom. The van der Waals surface area contributed by atoms with E-state index in [0.29, 0.717) is 16.4 Å². The molecule has 0 bridgehead atoms. The fraction of sp³-hybridized carbons (Fsp3) is 0.154. The Bertz CT molecular complexity index is 592. The van der Waals surface area contributed by atoms with E-state index < -0.39 is 17.5 Å². The van der Waals surface area contributed by atoms with E-state index in [9.17, 15) is 13.2 Å². The van der Waals surface area contributed by atoms with Gasteiger partial charge in [0.25, 0.3) is 0 Å². The number of nitrogens with zero attached hydrogens (tertiary/aromatic N) is 1. The van der Waals surface area contributed by atoms with Crippen molar-refractivity contribution in [1.29, 1.82) is 0 Å². The number of pyridine rings is 1. The number of hydrogen-bond donors (Lipinski definition) is 0. The molecule has 0 saturated carbocycles. The van der Waals surface area contributed by atoms with Gasteiger partial charge in [-0.3, -0.25) is 0 Å². The Hall–Kier alpha value is -1.40. The molecular weight excluding hydrogens is 323 g/mol. The average molecular weight is 332 g/mol. The maximum atomic E-state index is 13.3. The quantitative estimate of drug-likeness (QED) is 0.624. The van der Waals surface area contributed by atoms with Gasteiger partial charge in [0.2, 0.25) is 0 Å². The molecule has 1 aromatic carbocycles. The predicted molar refractivity (Wildman–Crippen MR) is 66.7 cm³/mol. The van der Waals surface area contributed by atoms with Gasteiger partial charge in [-0.2, -0.15) is 0 Å². The molecule has 0 aliphatic rings. The van der Waals surface area contributed by atoms with Gasteiger partial charge < -0.3 is 4.74 Å². The molecule has 2 nitrogen and oxygen atoms in total. The molecule has 0 N–H and O–H groups in total. The highest BCUT2D eigenvalue weighted by atomic mass is 79.9. The summed E-state index contributed by atoms with van der Waals surface area (Å²) in [5.74, 6) is -3.14. The van der Waals surface area contributed by atoms with Crippen LogP contribution in [0.5, 0.6) is 0 Å². The Balaban J connectivity index is 1.98. The average Bonchev–Trinajstić information content (AvgIpc) is 2.35. The van der Waals surface area contributed by atoms with Crippen molar-refractivity contribution in [2.45, 2.75) is 13.2 Å². The molecule has 0 spiro atoms. The lowest BCUT2D eigenvalue weighted by atomic mass is 10.2. The van der Waals surface area contributed by atoms with Gasteiger partial charge in [-0.05, 0) is 34.1 Å². The van der Waals surface area contributed by atoms with Crippen LogP contribution in [0.1, 0.15) is 11.3 Å². The molecule has 6 heteroatoms. The summed E-state index contributed by atoms with van der Waals surface area (Å²) >= 11 is 3.21. The van der Waals surface area contributed by atoms with E-state index in [2.05, 4.69) is 20.9 Å². The minimum Gasteiger partial charge on any atom is -0.370 e. The SMILES string of the molecule is Fc1cc(F)c(COCc2cccc(Br)n2)cc1F. The Morgan fingerprint density at radius 1 is 1.00 bits per heavy atom. The van der Waals surface area contributed by atoms with Crippen LogP contribution in [0.15, 0.2) is 34.9 Å². The highest BCUT2D eigenvalue weighted by Crippen LogP contribution is 2.15. The zero-order chi connectivity index (χ0) is 13.8. The molecule has 1 aromatic heterocycles. The topological polar surface area (TPSA) is 22.1 Å². The van der Waals surface area contributed by atoms with E-state index in [-0.39, 0.29) is 18.8 Å².